The van der Waals surface area contributed by atoms with E-state index in [1.807, 2.05) is 18.5 Å². The zero-order chi connectivity index (χ0) is 18.2. The lowest BCUT2D eigenvalue weighted by Crippen LogP contribution is -1.92. The topological polar surface area (TPSA) is 46.0 Å². The number of hydrogen-bond donors (Lipinski definition) is 1. The summed E-state index contributed by atoms with van der Waals surface area (Å²) in [5, 5.41) is 5.99. The minimum absolute atomic E-state index is 1.03. The Morgan fingerprint density at radius 1 is 0.714 bits per heavy atom. The molecule has 7 aromatic rings. The van der Waals surface area contributed by atoms with Crippen molar-refractivity contribution in [2.75, 3.05) is 0 Å². The van der Waals surface area contributed by atoms with E-state index < -0.39 is 0 Å². The van der Waals surface area contributed by atoms with E-state index in [-0.39, 0.29) is 0 Å². The normalized spacial score (nSPS) is 12.3. The first-order chi connectivity index (χ1) is 13.9. The van der Waals surface area contributed by atoms with E-state index in [1.165, 1.54) is 32.4 Å². The van der Waals surface area contributed by atoms with Crippen molar-refractivity contribution in [3.05, 3.63) is 79.1 Å². The highest BCUT2D eigenvalue weighted by molar-refractivity contribution is 6.26. The standard InChI is InChI=1S/C24H14N4/c1-3-7-18-14(5-1)15-9-10-17-22(23(15)26-18)16-6-2-4-8-20(16)28-21-11-12-25-13-19(21)27-24(17)28/h1-13,27H. The van der Waals surface area contributed by atoms with E-state index in [1.54, 1.807) is 0 Å². The number of para-hydroxylation sites is 2. The van der Waals surface area contributed by atoms with Gasteiger partial charge < -0.3 is 4.98 Å². The molecule has 1 N–H and O–H groups in total. The van der Waals surface area contributed by atoms with Gasteiger partial charge in [-0.25, -0.2) is 4.98 Å². The van der Waals surface area contributed by atoms with Crippen LogP contribution in [-0.4, -0.2) is 19.4 Å². The van der Waals surface area contributed by atoms with Crippen LogP contribution in [0.4, 0.5) is 0 Å². The van der Waals surface area contributed by atoms with Crippen molar-refractivity contribution >= 4 is 60.2 Å². The number of nitrogens with zero attached hydrogens (tertiary/aromatic N) is 3. The van der Waals surface area contributed by atoms with Gasteiger partial charge in [0.15, 0.2) is 0 Å². The van der Waals surface area contributed by atoms with E-state index in [9.17, 15) is 0 Å². The van der Waals surface area contributed by atoms with Gasteiger partial charge in [0.1, 0.15) is 5.65 Å². The fourth-order valence-corrected chi connectivity index (χ4v) is 4.61. The van der Waals surface area contributed by atoms with Gasteiger partial charge in [0.25, 0.3) is 0 Å². The first kappa shape index (κ1) is 14.2. The number of H-pyrrole nitrogens is 1. The Balaban J connectivity index is 1.87. The molecule has 0 saturated carbocycles. The van der Waals surface area contributed by atoms with Crippen LogP contribution in [0.3, 0.4) is 0 Å². The zero-order valence-corrected chi connectivity index (χ0v) is 14.8. The summed E-state index contributed by atoms with van der Waals surface area (Å²) >= 11 is 0. The third kappa shape index (κ3) is 1.61. The molecule has 0 atom stereocenters. The van der Waals surface area contributed by atoms with Crippen LogP contribution in [0.5, 0.6) is 0 Å². The molecule has 0 amide bonds. The largest absolute Gasteiger partial charge is 0.338 e. The van der Waals surface area contributed by atoms with Gasteiger partial charge in [0.2, 0.25) is 0 Å². The molecular formula is C24H14N4. The van der Waals surface area contributed by atoms with Gasteiger partial charge in [-0.1, -0.05) is 42.5 Å². The second-order valence-corrected chi connectivity index (χ2v) is 7.23. The smallest absolute Gasteiger partial charge is 0.123 e. The lowest BCUT2D eigenvalue weighted by Gasteiger charge is -2.10. The Kier molecular flexibility index (Phi) is 2.46. The molecule has 3 aromatic carbocycles. The predicted molar refractivity (Wildman–Crippen MR) is 115 cm³/mol. The molecule has 0 spiro atoms. The van der Waals surface area contributed by atoms with Crippen molar-refractivity contribution in [2.24, 2.45) is 0 Å². The lowest BCUT2D eigenvalue weighted by molar-refractivity contribution is 1.31. The highest BCUT2D eigenvalue weighted by Crippen LogP contribution is 2.38. The fraction of sp³-hybridized carbons (Fsp3) is 0. The molecule has 0 radical (unpaired) electrons. The summed E-state index contributed by atoms with van der Waals surface area (Å²) in [5.74, 6) is 0. The molecule has 4 heterocycles. The van der Waals surface area contributed by atoms with E-state index in [0.717, 1.165) is 27.7 Å². The summed E-state index contributed by atoms with van der Waals surface area (Å²) in [6.45, 7) is 0. The Morgan fingerprint density at radius 3 is 2.50 bits per heavy atom. The monoisotopic (exact) mass is 358 g/mol. The summed E-state index contributed by atoms with van der Waals surface area (Å²) in [6, 6.07) is 23.4. The molecule has 130 valence electrons. The molecule has 0 aliphatic heterocycles. The first-order valence-corrected chi connectivity index (χ1v) is 9.36. The molecular weight excluding hydrogens is 344 g/mol. The number of hydrogen-bond acceptors (Lipinski definition) is 2. The summed E-state index contributed by atoms with van der Waals surface area (Å²) in [7, 11) is 0. The summed E-state index contributed by atoms with van der Waals surface area (Å²) in [4.78, 5) is 12.9. The van der Waals surface area contributed by atoms with Gasteiger partial charge in [0, 0.05) is 33.1 Å². The Bertz CT molecular complexity index is 1720. The average Bonchev–Trinajstić information content (AvgIpc) is 3.32. The van der Waals surface area contributed by atoms with Gasteiger partial charge in [0.05, 0.1) is 33.8 Å². The average molecular weight is 358 g/mol. The number of aromatic amines is 1. The van der Waals surface area contributed by atoms with Gasteiger partial charge in [-0.3, -0.25) is 9.38 Å². The van der Waals surface area contributed by atoms with Crippen molar-refractivity contribution in [1.29, 1.82) is 0 Å². The second kappa shape index (κ2) is 4.87. The number of fused-ring (bicyclic) bond motifs is 12. The van der Waals surface area contributed by atoms with Gasteiger partial charge in [-0.05, 0) is 24.3 Å². The number of rotatable bonds is 0. The SMILES string of the molecule is c1ccc2c(c1)nc1c2ccc2c1c1ccccc1n1c3ccncc3[nH]c21. The van der Waals surface area contributed by atoms with Crippen LogP contribution in [-0.2, 0) is 0 Å². The molecule has 0 saturated heterocycles. The van der Waals surface area contributed by atoms with Crippen LogP contribution in [0.25, 0.3) is 60.2 Å². The highest BCUT2D eigenvalue weighted by atomic mass is 15.0. The minimum Gasteiger partial charge on any atom is -0.338 e. The van der Waals surface area contributed by atoms with Crippen LogP contribution in [0.15, 0.2) is 79.1 Å². The van der Waals surface area contributed by atoms with Crippen LogP contribution in [0.2, 0.25) is 0 Å². The van der Waals surface area contributed by atoms with E-state index in [2.05, 4.69) is 75.0 Å². The number of pyridine rings is 2. The van der Waals surface area contributed by atoms with Crippen molar-refractivity contribution in [2.45, 2.75) is 0 Å². The van der Waals surface area contributed by atoms with E-state index in [4.69, 9.17) is 4.98 Å². The van der Waals surface area contributed by atoms with Crippen molar-refractivity contribution < 1.29 is 0 Å². The summed E-state index contributed by atoms with van der Waals surface area (Å²) < 4.78 is 2.29. The zero-order valence-electron chi connectivity index (χ0n) is 14.8. The highest BCUT2D eigenvalue weighted by Gasteiger charge is 2.16. The third-order valence-corrected chi connectivity index (χ3v) is 5.79. The molecule has 0 aliphatic rings. The third-order valence-electron chi connectivity index (χ3n) is 5.79. The predicted octanol–water partition coefficient (Wildman–Crippen LogP) is 5.82. The lowest BCUT2D eigenvalue weighted by atomic mass is 10.0. The van der Waals surface area contributed by atoms with Crippen LogP contribution >= 0.6 is 0 Å². The van der Waals surface area contributed by atoms with E-state index in [0.29, 0.717) is 0 Å². The molecule has 4 heteroatoms. The van der Waals surface area contributed by atoms with Crippen LogP contribution < -0.4 is 0 Å². The van der Waals surface area contributed by atoms with Gasteiger partial charge >= 0.3 is 0 Å². The molecule has 0 unspecified atom stereocenters. The molecule has 0 bridgehead atoms. The molecule has 0 fully saturated rings. The molecule has 4 aromatic heterocycles. The maximum absolute atomic E-state index is 5.02. The Labute approximate surface area is 159 Å². The Morgan fingerprint density at radius 2 is 1.54 bits per heavy atom. The number of aromatic nitrogens is 4. The summed E-state index contributed by atoms with van der Waals surface area (Å²) in [5.41, 5.74) is 6.51. The number of nitrogens with one attached hydrogen (secondary N) is 1. The molecule has 0 aliphatic carbocycles. The van der Waals surface area contributed by atoms with Crippen molar-refractivity contribution in [1.82, 2.24) is 19.4 Å². The molecule has 7 rings (SSSR count). The number of benzene rings is 3. The van der Waals surface area contributed by atoms with Crippen LogP contribution in [0.1, 0.15) is 0 Å². The number of imidazole rings is 1. The molecule has 4 nitrogen and oxygen atoms in total. The van der Waals surface area contributed by atoms with Crippen LogP contribution in [0, 0.1) is 0 Å². The maximum atomic E-state index is 5.02. The maximum Gasteiger partial charge on any atom is 0.123 e. The van der Waals surface area contributed by atoms with Gasteiger partial charge in [-0.2, -0.15) is 0 Å². The second-order valence-electron chi connectivity index (χ2n) is 7.23. The van der Waals surface area contributed by atoms with Crippen molar-refractivity contribution in [3.63, 3.8) is 0 Å². The first-order valence-electron chi connectivity index (χ1n) is 9.36. The Hall–Kier alpha value is -3.92. The van der Waals surface area contributed by atoms with E-state index >= 15 is 0 Å². The van der Waals surface area contributed by atoms with Crippen molar-refractivity contribution in [3.8, 4) is 0 Å². The minimum atomic E-state index is 1.03. The molecule has 28 heavy (non-hydrogen) atoms. The summed E-state index contributed by atoms with van der Waals surface area (Å²) in [6.07, 6.45) is 3.73. The fourth-order valence-electron chi connectivity index (χ4n) is 4.61. The quantitative estimate of drug-likeness (QED) is 0.347. The van der Waals surface area contributed by atoms with Gasteiger partial charge in [-0.15, -0.1) is 0 Å².